The van der Waals surface area contributed by atoms with E-state index in [9.17, 15) is 14.7 Å². The number of benzene rings is 2. The van der Waals surface area contributed by atoms with E-state index in [1.54, 1.807) is 30.3 Å². The highest BCUT2D eigenvalue weighted by Crippen LogP contribution is 2.72. The molecule has 2 N–H and O–H groups in total. The number of aromatic amines is 1. The van der Waals surface area contributed by atoms with Crippen LogP contribution in [0.1, 0.15) is 68.6 Å². The Hall–Kier alpha value is -2.78. The SMILES string of the molecule is CC1(C)OC23CCC4(C)[C@@]5(C)c6[nH]c7ccccc7c6CC5C[C@H](OC(=O)c5ccc(Br)cc5)[C@@]4(O)C2=CC(=O)C1O3. The van der Waals surface area contributed by atoms with Crippen molar-refractivity contribution in [1.29, 1.82) is 0 Å². The fourth-order valence-corrected chi connectivity index (χ4v) is 9.58. The van der Waals surface area contributed by atoms with Gasteiger partial charge in [-0.3, -0.25) is 4.79 Å². The molecule has 2 bridgehead atoms. The number of halogens is 1. The van der Waals surface area contributed by atoms with E-state index in [0.29, 0.717) is 30.4 Å². The van der Waals surface area contributed by atoms with E-state index in [4.69, 9.17) is 14.2 Å². The van der Waals surface area contributed by atoms with E-state index in [0.717, 1.165) is 22.1 Å². The van der Waals surface area contributed by atoms with Crippen LogP contribution in [0.5, 0.6) is 0 Å². The fraction of sp³-hybridized carbons (Fsp3) is 0.471. The second-order valence-electron chi connectivity index (χ2n) is 13.8. The number of aliphatic hydroxyl groups is 1. The minimum absolute atomic E-state index is 0.0971. The van der Waals surface area contributed by atoms with Gasteiger partial charge in [0.15, 0.2) is 17.7 Å². The summed E-state index contributed by atoms with van der Waals surface area (Å²) in [5, 5.41) is 14.6. The van der Waals surface area contributed by atoms with Crippen LogP contribution in [0.15, 0.2) is 64.7 Å². The maximum absolute atomic E-state index is 13.6. The first-order valence-electron chi connectivity index (χ1n) is 14.8. The van der Waals surface area contributed by atoms with Gasteiger partial charge in [-0.1, -0.05) is 48.0 Å². The summed E-state index contributed by atoms with van der Waals surface area (Å²) in [6, 6.07) is 15.3. The molecule has 2 aliphatic heterocycles. The summed E-state index contributed by atoms with van der Waals surface area (Å²) in [5.74, 6) is -1.91. The number of rotatable bonds is 2. The molecule has 8 rings (SSSR count). The van der Waals surface area contributed by atoms with Crippen LogP contribution in [-0.4, -0.2) is 51.0 Å². The van der Waals surface area contributed by atoms with Gasteiger partial charge in [0.1, 0.15) is 17.3 Å². The zero-order chi connectivity index (χ0) is 29.4. The average Bonchev–Trinajstić information content (AvgIpc) is 3.54. The summed E-state index contributed by atoms with van der Waals surface area (Å²) in [7, 11) is 0. The number of carbonyl (C=O) groups is 2. The Morgan fingerprint density at radius 2 is 1.81 bits per heavy atom. The zero-order valence-electron chi connectivity index (χ0n) is 24.1. The number of hydrogen-bond acceptors (Lipinski definition) is 6. The van der Waals surface area contributed by atoms with Gasteiger partial charge in [-0.25, -0.2) is 4.79 Å². The minimum Gasteiger partial charge on any atom is -0.455 e. The van der Waals surface area contributed by atoms with Crippen molar-refractivity contribution in [2.45, 2.75) is 88.0 Å². The number of H-pyrrole nitrogens is 1. The molecule has 218 valence electrons. The van der Waals surface area contributed by atoms with E-state index in [1.807, 2.05) is 19.9 Å². The molecule has 3 fully saturated rings. The smallest absolute Gasteiger partial charge is 0.338 e. The standard InChI is InChI=1S/C34H34BrNO6/c1-30(2)28-24(37)17-25-33(41-28,42-30)14-13-31(3)32(4)19(15-22-21-7-5-6-8-23(21)36-27(22)32)16-26(34(25,31)39)40-29(38)18-9-11-20(35)12-10-18/h5-12,17,19,26,28,36,39H,13-16H2,1-4H3/t19?,26-,28?,31?,32+,33?,34-/m0/s1. The number of esters is 1. The summed E-state index contributed by atoms with van der Waals surface area (Å²) in [6.45, 7) is 8.05. The summed E-state index contributed by atoms with van der Waals surface area (Å²) in [5.41, 5.74) is 0.300. The molecule has 0 radical (unpaired) electrons. The lowest BCUT2D eigenvalue weighted by molar-refractivity contribution is -0.273. The van der Waals surface area contributed by atoms with Crippen LogP contribution in [0.4, 0.5) is 0 Å². The highest BCUT2D eigenvalue weighted by Gasteiger charge is 2.78. The van der Waals surface area contributed by atoms with Gasteiger partial charge < -0.3 is 24.3 Å². The van der Waals surface area contributed by atoms with Crippen molar-refractivity contribution < 1.29 is 28.9 Å². The maximum Gasteiger partial charge on any atom is 0.338 e. The van der Waals surface area contributed by atoms with E-state index in [1.165, 1.54) is 10.9 Å². The molecule has 1 spiro atoms. The molecule has 0 amide bonds. The number of ether oxygens (including phenoxy) is 3. The Bertz CT molecular complexity index is 1730. The van der Waals surface area contributed by atoms with Crippen molar-refractivity contribution >= 4 is 38.6 Å². The highest BCUT2D eigenvalue weighted by atomic mass is 79.9. The fourth-order valence-electron chi connectivity index (χ4n) is 9.31. The number of fused-ring (bicyclic) bond motifs is 9. The van der Waals surface area contributed by atoms with Gasteiger partial charge in [0.2, 0.25) is 0 Å². The molecule has 1 saturated heterocycles. The largest absolute Gasteiger partial charge is 0.455 e. The first-order chi connectivity index (χ1) is 19.8. The molecule has 8 heteroatoms. The third-order valence-corrected chi connectivity index (χ3v) is 12.1. The third kappa shape index (κ3) is 3.06. The number of nitrogens with one attached hydrogen (secondary N) is 1. The molecule has 5 aliphatic rings. The third-order valence-electron chi connectivity index (χ3n) is 11.6. The van der Waals surface area contributed by atoms with Crippen LogP contribution in [0, 0.1) is 11.3 Å². The molecular weight excluding hydrogens is 598 g/mol. The molecule has 1 aromatic heterocycles. The van der Waals surface area contributed by atoms with E-state index >= 15 is 0 Å². The first kappa shape index (κ1) is 26.8. The lowest BCUT2D eigenvalue weighted by atomic mass is 9.41. The van der Waals surface area contributed by atoms with Crippen molar-refractivity contribution in [1.82, 2.24) is 4.98 Å². The summed E-state index contributed by atoms with van der Waals surface area (Å²) >= 11 is 3.43. The molecule has 4 unspecified atom stereocenters. The van der Waals surface area contributed by atoms with Gasteiger partial charge in [-0.05, 0) is 81.0 Å². The average molecular weight is 633 g/mol. The second kappa shape index (κ2) is 8.23. The van der Waals surface area contributed by atoms with Gasteiger partial charge in [0.05, 0.1) is 5.56 Å². The van der Waals surface area contributed by atoms with Gasteiger partial charge in [-0.15, -0.1) is 0 Å². The van der Waals surface area contributed by atoms with Crippen molar-refractivity contribution in [3.63, 3.8) is 0 Å². The van der Waals surface area contributed by atoms with Gasteiger partial charge in [-0.2, -0.15) is 0 Å². The van der Waals surface area contributed by atoms with Crippen LogP contribution in [0.2, 0.25) is 0 Å². The summed E-state index contributed by atoms with van der Waals surface area (Å²) < 4.78 is 20.2. The number of aromatic nitrogens is 1. The second-order valence-corrected chi connectivity index (χ2v) is 14.7. The Kier molecular flexibility index (Phi) is 5.25. The van der Waals surface area contributed by atoms with Crippen molar-refractivity contribution in [2.75, 3.05) is 0 Å². The van der Waals surface area contributed by atoms with E-state index in [2.05, 4.69) is 53.0 Å². The predicted octanol–water partition coefficient (Wildman–Crippen LogP) is 5.92. The topological polar surface area (TPSA) is 97.9 Å². The molecule has 7 atom stereocenters. The van der Waals surface area contributed by atoms with E-state index in [-0.39, 0.29) is 11.7 Å². The molecule has 2 saturated carbocycles. The number of para-hydroxylation sites is 1. The normalized spacial score (nSPS) is 39.2. The van der Waals surface area contributed by atoms with Crippen LogP contribution in [0.25, 0.3) is 10.9 Å². The van der Waals surface area contributed by atoms with Gasteiger partial charge >= 0.3 is 5.97 Å². The first-order valence-corrected chi connectivity index (χ1v) is 15.6. The maximum atomic E-state index is 13.6. The molecule has 42 heavy (non-hydrogen) atoms. The van der Waals surface area contributed by atoms with Crippen LogP contribution < -0.4 is 0 Å². The van der Waals surface area contributed by atoms with Crippen molar-refractivity contribution in [3.8, 4) is 0 Å². The summed E-state index contributed by atoms with van der Waals surface area (Å²) in [6.07, 6.45) is 2.13. The lowest BCUT2D eigenvalue weighted by Crippen LogP contribution is -2.75. The Balaban J connectivity index is 1.32. The van der Waals surface area contributed by atoms with E-state index < -0.39 is 46.0 Å². The van der Waals surface area contributed by atoms with Crippen molar-refractivity contribution in [2.24, 2.45) is 11.3 Å². The quantitative estimate of drug-likeness (QED) is 0.341. The minimum atomic E-state index is -1.73. The predicted molar refractivity (Wildman–Crippen MR) is 159 cm³/mol. The number of carbonyl (C=O) groups excluding carboxylic acids is 2. The molecule has 7 nitrogen and oxygen atoms in total. The molecular formula is C34H34BrNO6. The van der Waals surface area contributed by atoms with Crippen molar-refractivity contribution in [3.05, 3.63) is 81.5 Å². The Morgan fingerprint density at radius 3 is 2.57 bits per heavy atom. The number of ketones is 1. The Labute approximate surface area is 252 Å². The molecule has 3 aliphatic carbocycles. The highest BCUT2D eigenvalue weighted by molar-refractivity contribution is 9.10. The number of hydrogen-bond donors (Lipinski definition) is 2. The molecule has 3 heterocycles. The monoisotopic (exact) mass is 631 g/mol. The van der Waals surface area contributed by atoms with Crippen LogP contribution in [-0.2, 0) is 30.8 Å². The lowest BCUT2D eigenvalue weighted by Gasteiger charge is -2.67. The van der Waals surface area contributed by atoms with Crippen LogP contribution in [0.3, 0.4) is 0 Å². The van der Waals surface area contributed by atoms with Gasteiger partial charge in [0, 0.05) is 43.9 Å². The zero-order valence-corrected chi connectivity index (χ0v) is 25.7. The Morgan fingerprint density at radius 1 is 1.07 bits per heavy atom. The molecule has 3 aromatic rings. The van der Waals surface area contributed by atoms with Gasteiger partial charge in [0.25, 0.3) is 0 Å². The summed E-state index contributed by atoms with van der Waals surface area (Å²) in [4.78, 5) is 30.9. The van der Waals surface area contributed by atoms with Crippen LogP contribution >= 0.6 is 15.9 Å². The molecule has 2 aromatic carbocycles.